The Labute approximate surface area is 117 Å². The van der Waals surface area contributed by atoms with E-state index in [9.17, 15) is 4.79 Å². The predicted octanol–water partition coefficient (Wildman–Crippen LogP) is 3.77. The molecule has 6 heteroatoms. The lowest BCUT2D eigenvalue weighted by atomic mass is 10.1. The van der Waals surface area contributed by atoms with Gasteiger partial charge >= 0.3 is 5.97 Å². The summed E-state index contributed by atoms with van der Waals surface area (Å²) in [6.07, 6.45) is 1.97. The van der Waals surface area contributed by atoms with E-state index < -0.39 is 5.97 Å². The van der Waals surface area contributed by atoms with Crippen LogP contribution >= 0.6 is 27.5 Å². The molecule has 0 aliphatic carbocycles. The predicted molar refractivity (Wildman–Crippen MR) is 70.6 cm³/mol. The first kappa shape index (κ1) is 13.1. The number of benzene rings is 1. The molecule has 0 atom stereocenters. The van der Waals surface area contributed by atoms with Gasteiger partial charge in [0.25, 0.3) is 0 Å². The first-order valence-electron chi connectivity index (χ1n) is 5.18. The molecule has 0 saturated heterocycles. The van der Waals surface area contributed by atoms with Gasteiger partial charge in [0.05, 0.1) is 11.2 Å². The molecule has 1 heterocycles. The number of rotatable bonds is 4. The molecule has 0 radical (unpaired) electrons. The molecule has 2 rings (SSSR count). The molecule has 0 aliphatic rings. The molecule has 0 aliphatic heterocycles. The Kier molecular flexibility index (Phi) is 4.04. The van der Waals surface area contributed by atoms with E-state index >= 15 is 0 Å². The minimum Gasteiger partial charge on any atom is -0.481 e. The molecule has 0 bridgehead atoms. The molecule has 0 unspecified atom stereocenters. The quantitative estimate of drug-likeness (QED) is 0.926. The van der Waals surface area contributed by atoms with Gasteiger partial charge in [-0.15, -0.1) is 0 Å². The van der Waals surface area contributed by atoms with Crippen molar-refractivity contribution in [2.24, 2.45) is 0 Å². The second kappa shape index (κ2) is 5.54. The van der Waals surface area contributed by atoms with E-state index in [0.717, 1.165) is 15.6 Å². The zero-order valence-corrected chi connectivity index (χ0v) is 11.5. The number of hydrogen-bond donors (Lipinski definition) is 1. The molecule has 94 valence electrons. The third kappa shape index (κ3) is 2.91. The molecule has 1 N–H and O–H groups in total. The van der Waals surface area contributed by atoms with Gasteiger partial charge < -0.3 is 9.63 Å². The lowest BCUT2D eigenvalue weighted by Crippen LogP contribution is -1.97. The van der Waals surface area contributed by atoms with Crippen LogP contribution in [0.4, 0.5) is 0 Å². The summed E-state index contributed by atoms with van der Waals surface area (Å²) in [5, 5.41) is 13.0. The molecule has 1 aromatic carbocycles. The summed E-state index contributed by atoms with van der Waals surface area (Å²) >= 11 is 9.24. The van der Waals surface area contributed by atoms with E-state index in [4.69, 9.17) is 21.2 Å². The number of carbonyl (C=O) groups is 1. The summed E-state index contributed by atoms with van der Waals surface area (Å²) in [4.78, 5) is 10.6. The van der Waals surface area contributed by atoms with Crippen molar-refractivity contribution in [1.82, 2.24) is 5.16 Å². The van der Waals surface area contributed by atoms with Crippen molar-refractivity contribution in [2.45, 2.75) is 12.8 Å². The topological polar surface area (TPSA) is 63.3 Å². The first-order valence-corrected chi connectivity index (χ1v) is 6.36. The van der Waals surface area contributed by atoms with Crippen molar-refractivity contribution < 1.29 is 14.4 Å². The van der Waals surface area contributed by atoms with Crippen molar-refractivity contribution in [3.63, 3.8) is 0 Å². The smallest absolute Gasteiger partial charge is 0.303 e. The number of aromatic nitrogens is 1. The van der Waals surface area contributed by atoms with Crippen LogP contribution in [0.1, 0.15) is 12.0 Å². The van der Waals surface area contributed by atoms with Crippen molar-refractivity contribution in [3.05, 3.63) is 39.5 Å². The van der Waals surface area contributed by atoms with Gasteiger partial charge in [0.1, 0.15) is 0 Å². The Hall–Kier alpha value is -1.33. The second-order valence-corrected chi connectivity index (χ2v) is 4.96. The number of carboxylic acids is 1. The van der Waals surface area contributed by atoms with Crippen LogP contribution in [0, 0.1) is 0 Å². The highest BCUT2D eigenvalue weighted by Crippen LogP contribution is 2.31. The van der Waals surface area contributed by atoms with E-state index in [0.29, 0.717) is 17.2 Å². The maximum atomic E-state index is 10.6. The summed E-state index contributed by atoms with van der Waals surface area (Å²) in [5.74, 6) is -0.270. The van der Waals surface area contributed by atoms with Crippen LogP contribution in [0.3, 0.4) is 0 Å². The van der Waals surface area contributed by atoms with Gasteiger partial charge in [0.2, 0.25) is 0 Å². The maximum Gasteiger partial charge on any atom is 0.303 e. The fourth-order valence-electron chi connectivity index (χ4n) is 1.56. The SMILES string of the molecule is O=C(O)CCc1cnoc1-c1ccc(Cl)c(Br)c1. The van der Waals surface area contributed by atoms with Crippen LogP contribution < -0.4 is 0 Å². The molecular formula is C12H9BrClNO3. The van der Waals surface area contributed by atoms with Crippen molar-refractivity contribution >= 4 is 33.5 Å². The van der Waals surface area contributed by atoms with Gasteiger partial charge in [0.15, 0.2) is 5.76 Å². The summed E-state index contributed by atoms with van der Waals surface area (Å²) in [6, 6.07) is 5.36. The average Bonchev–Trinajstić information content (AvgIpc) is 2.78. The Balaban J connectivity index is 2.30. The fraction of sp³-hybridized carbons (Fsp3) is 0.167. The van der Waals surface area contributed by atoms with Crippen LogP contribution in [-0.4, -0.2) is 16.2 Å². The minimum atomic E-state index is -0.848. The Bertz CT molecular complexity index is 582. The van der Waals surface area contributed by atoms with E-state index in [-0.39, 0.29) is 6.42 Å². The van der Waals surface area contributed by atoms with Gasteiger partial charge in [-0.05, 0) is 40.5 Å². The molecule has 4 nitrogen and oxygen atoms in total. The van der Waals surface area contributed by atoms with Crippen LogP contribution in [0.5, 0.6) is 0 Å². The zero-order valence-electron chi connectivity index (χ0n) is 9.19. The molecule has 2 aromatic rings. The fourth-order valence-corrected chi connectivity index (χ4v) is 2.05. The van der Waals surface area contributed by atoms with Gasteiger partial charge in [-0.1, -0.05) is 16.8 Å². The van der Waals surface area contributed by atoms with E-state index in [1.165, 1.54) is 0 Å². The molecular weight excluding hydrogens is 321 g/mol. The minimum absolute atomic E-state index is 0.0446. The van der Waals surface area contributed by atoms with E-state index in [1.54, 1.807) is 18.3 Å². The van der Waals surface area contributed by atoms with Crippen LogP contribution in [-0.2, 0) is 11.2 Å². The van der Waals surface area contributed by atoms with Crippen molar-refractivity contribution in [3.8, 4) is 11.3 Å². The molecule has 1 aromatic heterocycles. The van der Waals surface area contributed by atoms with E-state index in [2.05, 4.69) is 21.1 Å². The number of carboxylic acid groups (broad SMARTS) is 1. The Morgan fingerprint density at radius 3 is 2.94 bits per heavy atom. The summed E-state index contributed by atoms with van der Waals surface area (Å²) in [6.45, 7) is 0. The summed E-state index contributed by atoms with van der Waals surface area (Å²) in [5.41, 5.74) is 1.58. The Morgan fingerprint density at radius 1 is 1.50 bits per heavy atom. The normalized spacial score (nSPS) is 10.6. The average molecular weight is 331 g/mol. The molecule has 0 spiro atoms. The largest absolute Gasteiger partial charge is 0.481 e. The molecule has 0 saturated carbocycles. The van der Waals surface area contributed by atoms with Gasteiger partial charge in [-0.2, -0.15) is 0 Å². The highest BCUT2D eigenvalue weighted by molar-refractivity contribution is 9.10. The second-order valence-electron chi connectivity index (χ2n) is 3.70. The number of aliphatic carboxylic acids is 1. The van der Waals surface area contributed by atoms with E-state index in [1.807, 2.05) is 6.07 Å². The third-order valence-electron chi connectivity index (χ3n) is 2.43. The van der Waals surface area contributed by atoms with Crippen LogP contribution in [0.2, 0.25) is 5.02 Å². The number of hydrogen-bond acceptors (Lipinski definition) is 3. The highest BCUT2D eigenvalue weighted by Gasteiger charge is 2.13. The Morgan fingerprint density at radius 2 is 2.28 bits per heavy atom. The zero-order chi connectivity index (χ0) is 13.1. The first-order chi connectivity index (χ1) is 8.58. The number of halogens is 2. The van der Waals surface area contributed by atoms with Gasteiger partial charge in [-0.25, -0.2) is 0 Å². The standard InChI is InChI=1S/C12H9BrClNO3/c13-9-5-7(1-3-10(9)14)12-8(6-15-18-12)2-4-11(16)17/h1,3,5-6H,2,4H2,(H,16,17). The lowest BCUT2D eigenvalue weighted by Gasteiger charge is -2.02. The monoisotopic (exact) mass is 329 g/mol. The maximum absolute atomic E-state index is 10.6. The number of aryl methyl sites for hydroxylation is 1. The third-order valence-corrected chi connectivity index (χ3v) is 3.65. The summed E-state index contributed by atoms with van der Waals surface area (Å²) < 4.78 is 5.92. The molecule has 0 amide bonds. The van der Waals surface area contributed by atoms with Crippen molar-refractivity contribution in [1.29, 1.82) is 0 Å². The van der Waals surface area contributed by atoms with Crippen LogP contribution in [0.15, 0.2) is 33.4 Å². The number of nitrogens with zero attached hydrogens (tertiary/aromatic N) is 1. The lowest BCUT2D eigenvalue weighted by molar-refractivity contribution is -0.136. The highest BCUT2D eigenvalue weighted by atomic mass is 79.9. The van der Waals surface area contributed by atoms with Crippen LogP contribution in [0.25, 0.3) is 11.3 Å². The van der Waals surface area contributed by atoms with Gasteiger partial charge in [-0.3, -0.25) is 4.79 Å². The van der Waals surface area contributed by atoms with Gasteiger partial charge in [0, 0.05) is 22.0 Å². The molecule has 0 fully saturated rings. The van der Waals surface area contributed by atoms with Crippen molar-refractivity contribution in [2.75, 3.05) is 0 Å². The molecule has 18 heavy (non-hydrogen) atoms. The summed E-state index contributed by atoms with van der Waals surface area (Å²) in [7, 11) is 0.